The van der Waals surface area contributed by atoms with Gasteiger partial charge in [0.05, 0.1) is 89.8 Å². The number of carboxylic acids is 2. The zero-order chi connectivity index (χ0) is 95.3. The minimum Gasteiger partial charge on any atom is -0.870 e. The molecule has 0 aliphatic carbocycles. The van der Waals surface area contributed by atoms with Crippen LogP contribution in [0.2, 0.25) is 20.1 Å². The van der Waals surface area contributed by atoms with Crippen molar-refractivity contribution in [3.8, 4) is 17.2 Å². The van der Waals surface area contributed by atoms with E-state index in [4.69, 9.17) is 104 Å². The quantitative estimate of drug-likeness (QED) is 0.00432. The van der Waals surface area contributed by atoms with E-state index in [2.05, 4.69) is 146 Å². The van der Waals surface area contributed by atoms with Crippen LogP contribution in [0.1, 0.15) is 12.5 Å². The Morgan fingerprint density at radius 3 is 1.04 bits per heavy atom. The Morgan fingerprint density at radius 2 is 0.754 bits per heavy atom. The van der Waals surface area contributed by atoms with Crippen molar-refractivity contribution >= 4 is 299 Å². The number of ketones is 1. The van der Waals surface area contributed by atoms with Gasteiger partial charge in [0.1, 0.15) is 83.3 Å². The van der Waals surface area contributed by atoms with Crippen LogP contribution in [0.25, 0.3) is 43.6 Å². The maximum atomic E-state index is 13.6. The number of fused-ring (bicyclic) bond motifs is 4. The van der Waals surface area contributed by atoms with Crippen molar-refractivity contribution < 1.29 is 141 Å². The number of alkyl halides is 4. The molecule has 130 heavy (non-hydrogen) atoms. The zero-order valence-corrected chi connectivity index (χ0v) is 83.5. The van der Waals surface area contributed by atoms with Gasteiger partial charge in [0.15, 0.2) is 11.5 Å². The number of nitrogen functional groups attached to an aromatic ring is 1. The van der Waals surface area contributed by atoms with Crippen LogP contribution < -0.4 is 92.6 Å². The van der Waals surface area contributed by atoms with Crippen LogP contribution in [0.3, 0.4) is 0 Å². The molecule has 4 aromatic heterocycles. The number of nitrogens with one attached hydrogen (secondary N) is 4. The predicted octanol–water partition coefficient (Wildman–Crippen LogP) is 20.2. The molecule has 0 aliphatic rings. The van der Waals surface area contributed by atoms with E-state index in [1.165, 1.54) is 130 Å². The SMILES string of the molecule is C/C=C/C(=O)O.COc1cc2ncnc(Nc3ccc(F)c(Cl)c3)c2cc1CC(=O)/C=C/CBr.COc1cc2ncnc(Nc3ccc(F)c(Cl)c3)c2cc1N.COc1cc2ncnc(Nc3ccc(F)c(Cl)c3)c2cc1[N+](=O)[O-].O=C(Cl)/C=C/CBr.O=C(Cl)/C=C/CBr.O=C(O)/C=C/CBr.O=S(Cl)Cl.O=[N+]([O-])c1cc2c(Nc3ccc(F)c(Cl)c3)ncnc2cc1F.[K+].[OH-]. The molecule has 0 radical (unpaired) electrons. The average molecular weight is 2260 g/mol. The molecule has 0 spiro atoms. The average Bonchev–Trinajstić information content (AvgIpc) is 0.802. The fraction of sp³-hybridized carbons (Fsp3) is 0.113. The number of aromatic nitrogens is 8. The third kappa shape index (κ3) is 41.2. The van der Waals surface area contributed by atoms with Gasteiger partial charge in [0.25, 0.3) is 0 Å². The van der Waals surface area contributed by atoms with E-state index >= 15 is 0 Å². The van der Waals surface area contributed by atoms with Crippen molar-refractivity contribution in [2.75, 3.05) is 69.7 Å². The molecule has 0 aliphatic heterocycles. The van der Waals surface area contributed by atoms with Crippen molar-refractivity contribution in [2.24, 2.45) is 0 Å². The van der Waals surface area contributed by atoms with Crippen molar-refractivity contribution in [1.82, 2.24) is 39.9 Å². The molecule has 682 valence electrons. The van der Waals surface area contributed by atoms with Gasteiger partial charge < -0.3 is 56.9 Å². The van der Waals surface area contributed by atoms with E-state index in [9.17, 15) is 66.2 Å². The summed E-state index contributed by atoms with van der Waals surface area (Å²) in [5, 5.41) is 53.5. The summed E-state index contributed by atoms with van der Waals surface area (Å²) in [6, 6.07) is 28.5. The van der Waals surface area contributed by atoms with Gasteiger partial charge in [-0.15, -0.1) is 0 Å². The summed E-state index contributed by atoms with van der Waals surface area (Å²) >= 11 is 45.3. The van der Waals surface area contributed by atoms with E-state index < -0.39 is 76.3 Å². The first-order valence-electron chi connectivity index (χ1n) is 34.8. The van der Waals surface area contributed by atoms with Gasteiger partial charge in [-0.25, -0.2) is 71.2 Å². The normalized spacial score (nSPS) is 10.4. The number of nitrogens with zero attached hydrogens (tertiary/aromatic N) is 10. The Kier molecular flexibility index (Phi) is 55.7. The van der Waals surface area contributed by atoms with E-state index in [0.29, 0.717) is 112 Å². The fourth-order valence-electron chi connectivity index (χ4n) is 9.54. The number of nitrogens with two attached hydrogens (primary N) is 1. The minimum absolute atomic E-state index is 0. The Morgan fingerprint density at radius 1 is 0.454 bits per heavy atom. The number of allylic oxidation sites excluding steroid dienone is 8. The van der Waals surface area contributed by atoms with E-state index in [0.717, 1.165) is 35.7 Å². The van der Waals surface area contributed by atoms with Crippen LogP contribution in [0.5, 0.6) is 17.2 Å². The molecule has 0 amide bonds. The maximum Gasteiger partial charge on any atom is 1.00 e. The van der Waals surface area contributed by atoms with Crippen LogP contribution >= 0.6 is 155 Å². The summed E-state index contributed by atoms with van der Waals surface area (Å²) in [6.45, 7) is 1.66. The van der Waals surface area contributed by atoms with Gasteiger partial charge in [-0.05, 0) is 133 Å². The van der Waals surface area contributed by atoms with E-state index in [-0.39, 0.29) is 117 Å². The zero-order valence-electron chi connectivity index (χ0n) is 67.2. The fourth-order valence-corrected chi connectivity index (χ4v) is 11.2. The smallest absolute Gasteiger partial charge is 0.870 e. The monoisotopic (exact) mass is 2250 g/mol. The second-order valence-corrected chi connectivity index (χ2v) is 30.9. The number of hydrogen-bond donors (Lipinski definition) is 7. The number of hydrogen-bond acceptors (Lipinski definition) is 27. The number of aliphatic carboxylic acids is 2. The number of nitro groups is 2. The van der Waals surface area contributed by atoms with Gasteiger partial charge in [0.2, 0.25) is 25.5 Å². The second-order valence-electron chi connectivity index (χ2n) is 23.4. The number of carboxylic acid groups (broad SMARTS) is 2. The molecule has 0 saturated heterocycles. The van der Waals surface area contributed by atoms with Crippen LogP contribution in [-0.2, 0) is 39.6 Å². The molecular formula is C80H65Br4Cl8F5KN15O16S. The molecule has 0 bridgehead atoms. The largest absolute Gasteiger partial charge is 1.00 e. The molecular weight excluding hydrogens is 2200 g/mol. The third-order valence-electron chi connectivity index (χ3n) is 14.9. The Bertz CT molecular complexity index is 6080. The van der Waals surface area contributed by atoms with Crippen molar-refractivity contribution in [2.45, 2.75) is 13.3 Å². The van der Waals surface area contributed by atoms with E-state index in [1.807, 2.05) is 6.07 Å². The van der Waals surface area contributed by atoms with Crippen LogP contribution in [0, 0.1) is 49.3 Å². The number of ether oxygens (including phenoxy) is 3. The molecule has 0 fully saturated rings. The first-order chi connectivity index (χ1) is 60.8. The molecule has 50 heteroatoms. The topological polar surface area (TPSA) is 464 Å². The number of methoxy groups -OCH3 is 3. The van der Waals surface area contributed by atoms with Gasteiger partial charge in [-0.2, -0.15) is 4.39 Å². The van der Waals surface area contributed by atoms with Gasteiger partial charge in [-0.1, -0.05) is 141 Å². The van der Waals surface area contributed by atoms with Gasteiger partial charge in [-0.3, -0.25) is 34.6 Å². The number of carbonyl (C=O) groups is 5. The minimum atomic E-state index is -1.67. The summed E-state index contributed by atoms with van der Waals surface area (Å²) in [7, 11) is 11.8. The molecule has 31 nitrogen and oxygen atoms in total. The second kappa shape index (κ2) is 62.1. The summed E-state index contributed by atoms with van der Waals surface area (Å²) in [5.74, 6) is -2.13. The Balaban J connectivity index is 0.000000527. The molecule has 0 saturated carbocycles. The molecule has 12 rings (SSSR count). The first-order valence-corrected chi connectivity index (χ1v) is 44.4. The van der Waals surface area contributed by atoms with Gasteiger partial charge in [0, 0.05) is 137 Å². The van der Waals surface area contributed by atoms with Gasteiger partial charge >= 0.3 is 74.7 Å². The first kappa shape index (κ1) is 117. The van der Waals surface area contributed by atoms with Crippen molar-refractivity contribution in [3.63, 3.8) is 0 Å². The summed E-state index contributed by atoms with van der Waals surface area (Å²) in [4.78, 5) is 105. The standard InChI is InChI=1S/C20H16BrClFN3O2.C15H10ClFN4O3.C15H12ClFN4O.C14H7ClF2N4O2.2C4H4BrClO.C4H5BrO2.C4H6O2.Cl2OS.K.H2O/c1-28-19-10-18-15(8-12(19)7-14(27)3-2-6-21)20(25-11-24-18)26-13-4-5-17(23)16(22)9-13;1-24-14-6-12-9(5-13(14)21(22)23)15(19-7-18-12)20-8-2-3-11(17)10(16)4-8;1-22-14-6-13-9(5-12(14)18)15(20-7-19-13)21-8-2-3-11(17)10(16)4-8;15-9-3-7(1-2-10(9)16)20-14-8-4-13(21(22)23)11(17)5-12(8)18-6-19-14;3*5-3-1-2-4(6)7;1-2-3-4(5)6;1-4(2)3;;/h2-5,8-11H,6-7H2,1H3,(H,24,25,26);2-7H,1H3,(H,18,19,20);2-7H,18H2,1H3,(H,19,20,21);1-6H,(H,18,19,20);2*1-2H,3H2;1-2H,3H2,(H,6,7);2-3H,1H3,(H,5,6);;;1H2/q;;;;;;;;;+1;/p-1/b3-2+;;;;3*2-1+;3-2+;;;. The molecule has 0 unspecified atom stereocenters. The van der Waals surface area contributed by atoms with Crippen LogP contribution in [0.4, 0.5) is 85.0 Å². The predicted molar refractivity (Wildman–Crippen MR) is 508 cm³/mol. The number of rotatable bonds is 24. The summed E-state index contributed by atoms with van der Waals surface area (Å²) in [5.41, 5.74) is 10.3. The number of anilines is 9. The molecule has 4 heterocycles. The van der Waals surface area contributed by atoms with Crippen LogP contribution in [0.15, 0.2) is 207 Å². The molecule has 0 atom stereocenters. The van der Waals surface area contributed by atoms with Crippen LogP contribution in [-0.4, -0.2) is 140 Å². The number of nitro benzene ring substituents is 2. The third-order valence-corrected chi connectivity index (χ3v) is 17.8. The molecule has 9 N–H and O–H groups in total. The Hall–Kier alpha value is -9.39. The van der Waals surface area contributed by atoms with Crippen molar-refractivity contribution in [1.29, 1.82) is 0 Å². The van der Waals surface area contributed by atoms with Crippen molar-refractivity contribution in [3.05, 3.63) is 282 Å². The molecule has 8 aromatic carbocycles. The maximum absolute atomic E-state index is 13.6. The number of carbonyl (C=O) groups excluding carboxylic acids is 3. The molecule has 12 aromatic rings. The number of benzene rings is 8. The number of halogens is 17. The summed E-state index contributed by atoms with van der Waals surface area (Å²) < 4.78 is 91.4. The Labute approximate surface area is 853 Å². The van der Waals surface area contributed by atoms with E-state index in [1.54, 1.807) is 69.7 Å². The summed E-state index contributed by atoms with van der Waals surface area (Å²) in [6.07, 6.45) is 19.8.